The van der Waals surface area contributed by atoms with Gasteiger partial charge in [-0.3, -0.25) is 0 Å². The van der Waals surface area contributed by atoms with E-state index in [1.807, 2.05) is 12.1 Å². The fourth-order valence-corrected chi connectivity index (χ4v) is 1.28. The monoisotopic (exact) mass is 160 g/mol. The van der Waals surface area contributed by atoms with Crippen molar-refractivity contribution in [2.75, 3.05) is 6.54 Å². The highest BCUT2D eigenvalue weighted by Gasteiger charge is 2.19. The molecule has 1 N–H and O–H groups in total. The van der Waals surface area contributed by atoms with Gasteiger partial charge in [0.1, 0.15) is 0 Å². The number of hydrogen-bond acceptors (Lipinski definition) is 1. The molecule has 0 spiro atoms. The van der Waals surface area contributed by atoms with Crippen LogP contribution in [0.1, 0.15) is 18.4 Å². The number of hydrogen-bond donors (Lipinski definition) is 1. The largest absolute Gasteiger partial charge is 0.312 e. The first kappa shape index (κ1) is 7.81. The Kier molecular flexibility index (Phi) is 2.42. The van der Waals surface area contributed by atoms with Crippen LogP contribution in [0, 0.1) is 12.0 Å². The third-order valence-electron chi connectivity index (χ3n) is 2.25. The molecule has 0 atom stereocenters. The Morgan fingerprint density at radius 3 is 2.75 bits per heavy atom. The van der Waals surface area contributed by atoms with Crippen LogP contribution in [-0.4, -0.2) is 6.54 Å². The molecule has 1 fully saturated rings. The van der Waals surface area contributed by atoms with Gasteiger partial charge in [-0.2, -0.15) is 0 Å². The summed E-state index contributed by atoms with van der Waals surface area (Å²) < 4.78 is 0. The van der Waals surface area contributed by atoms with E-state index in [0.29, 0.717) is 0 Å². The van der Waals surface area contributed by atoms with Gasteiger partial charge in [0.05, 0.1) is 0 Å². The Morgan fingerprint density at radius 2 is 2.08 bits per heavy atom. The predicted octanol–water partition coefficient (Wildman–Crippen LogP) is 1.99. The van der Waals surface area contributed by atoms with Crippen LogP contribution in [0.3, 0.4) is 0 Å². The lowest BCUT2D eigenvalue weighted by Crippen LogP contribution is -2.15. The standard InChI is InChI=1S/C11H14N/c1-2-4-10(5-3-1)8-12-9-11-6-7-11/h2-5,11-12H,6-9H2. The van der Waals surface area contributed by atoms with E-state index >= 15 is 0 Å². The molecule has 1 radical (unpaired) electrons. The maximum Gasteiger partial charge on any atom is 0.0205 e. The molecule has 1 aromatic rings. The van der Waals surface area contributed by atoms with Crippen LogP contribution in [-0.2, 0) is 6.54 Å². The van der Waals surface area contributed by atoms with Crippen LogP contribution in [0.25, 0.3) is 0 Å². The van der Waals surface area contributed by atoms with Gasteiger partial charge in [0.15, 0.2) is 0 Å². The molecule has 1 heteroatoms. The molecule has 0 bridgehead atoms. The molecule has 1 saturated carbocycles. The Hall–Kier alpha value is -0.820. The first-order valence-electron chi connectivity index (χ1n) is 4.61. The second kappa shape index (κ2) is 3.72. The number of benzene rings is 1. The van der Waals surface area contributed by atoms with E-state index in [-0.39, 0.29) is 0 Å². The quantitative estimate of drug-likeness (QED) is 0.710. The van der Waals surface area contributed by atoms with Crippen molar-refractivity contribution in [3.8, 4) is 0 Å². The summed E-state index contributed by atoms with van der Waals surface area (Å²) in [5, 5.41) is 3.45. The van der Waals surface area contributed by atoms with Gasteiger partial charge in [-0.1, -0.05) is 24.3 Å². The molecule has 1 aromatic carbocycles. The molecule has 1 aliphatic rings. The first-order chi connectivity index (χ1) is 5.95. The van der Waals surface area contributed by atoms with Crippen LogP contribution in [0.4, 0.5) is 0 Å². The zero-order valence-corrected chi connectivity index (χ0v) is 7.22. The van der Waals surface area contributed by atoms with Crippen molar-refractivity contribution < 1.29 is 0 Å². The minimum atomic E-state index is 0.972. The summed E-state index contributed by atoms with van der Waals surface area (Å²) in [6, 6.07) is 11.2. The van der Waals surface area contributed by atoms with Crippen LogP contribution >= 0.6 is 0 Å². The van der Waals surface area contributed by atoms with E-state index in [1.54, 1.807) is 0 Å². The van der Waals surface area contributed by atoms with Gasteiger partial charge in [0.2, 0.25) is 0 Å². The molecule has 0 heterocycles. The molecule has 0 saturated heterocycles. The molecule has 12 heavy (non-hydrogen) atoms. The smallest absolute Gasteiger partial charge is 0.0205 e. The van der Waals surface area contributed by atoms with E-state index in [0.717, 1.165) is 12.5 Å². The zero-order valence-electron chi connectivity index (χ0n) is 7.22. The Bertz CT molecular complexity index is 226. The number of nitrogens with one attached hydrogen (secondary N) is 1. The summed E-state index contributed by atoms with van der Waals surface area (Å²) in [6.07, 6.45) is 2.85. The van der Waals surface area contributed by atoms with Crippen molar-refractivity contribution in [3.63, 3.8) is 0 Å². The summed E-state index contributed by atoms with van der Waals surface area (Å²) in [7, 11) is 0. The van der Waals surface area contributed by atoms with Crippen molar-refractivity contribution in [1.82, 2.24) is 5.32 Å². The second-order valence-electron chi connectivity index (χ2n) is 3.48. The van der Waals surface area contributed by atoms with Crippen LogP contribution in [0.15, 0.2) is 24.3 Å². The molecular weight excluding hydrogens is 146 g/mol. The summed E-state index contributed by atoms with van der Waals surface area (Å²) in [5.41, 5.74) is 1.36. The molecule has 0 unspecified atom stereocenters. The SMILES string of the molecule is [c]1ccc(CNCC2CC2)cc1. The third-order valence-corrected chi connectivity index (χ3v) is 2.25. The summed E-state index contributed by atoms with van der Waals surface area (Å²) >= 11 is 0. The zero-order chi connectivity index (χ0) is 8.23. The van der Waals surface area contributed by atoms with Crippen molar-refractivity contribution >= 4 is 0 Å². The van der Waals surface area contributed by atoms with E-state index in [4.69, 9.17) is 0 Å². The lowest BCUT2D eigenvalue weighted by atomic mass is 10.2. The average Bonchev–Trinajstić information content (AvgIpc) is 2.90. The topological polar surface area (TPSA) is 12.0 Å². The second-order valence-corrected chi connectivity index (χ2v) is 3.48. The molecular formula is C11H14N. The molecule has 0 amide bonds. The fraction of sp³-hybridized carbons (Fsp3) is 0.455. The predicted molar refractivity (Wildman–Crippen MR) is 49.7 cm³/mol. The summed E-state index contributed by atoms with van der Waals surface area (Å²) in [5.74, 6) is 0.972. The lowest BCUT2D eigenvalue weighted by molar-refractivity contribution is 0.639. The maximum atomic E-state index is 3.45. The minimum absolute atomic E-state index is 0.972. The first-order valence-corrected chi connectivity index (χ1v) is 4.61. The highest BCUT2D eigenvalue weighted by atomic mass is 14.9. The molecule has 0 aliphatic heterocycles. The highest BCUT2D eigenvalue weighted by Crippen LogP contribution is 2.27. The van der Waals surface area contributed by atoms with Crippen molar-refractivity contribution in [2.45, 2.75) is 19.4 Å². The minimum Gasteiger partial charge on any atom is -0.312 e. The van der Waals surface area contributed by atoms with Gasteiger partial charge in [-0.15, -0.1) is 0 Å². The summed E-state index contributed by atoms with van der Waals surface area (Å²) in [4.78, 5) is 0. The summed E-state index contributed by atoms with van der Waals surface area (Å²) in [6.45, 7) is 2.20. The van der Waals surface area contributed by atoms with E-state index < -0.39 is 0 Å². The van der Waals surface area contributed by atoms with Gasteiger partial charge < -0.3 is 5.32 Å². The van der Waals surface area contributed by atoms with Crippen LogP contribution in [0.5, 0.6) is 0 Å². The Labute approximate surface area is 73.8 Å². The van der Waals surface area contributed by atoms with Gasteiger partial charge in [-0.05, 0) is 36.9 Å². The van der Waals surface area contributed by atoms with Gasteiger partial charge in [-0.25, -0.2) is 0 Å². The Morgan fingerprint density at radius 1 is 1.33 bits per heavy atom. The number of rotatable bonds is 4. The molecule has 1 nitrogen and oxygen atoms in total. The fourth-order valence-electron chi connectivity index (χ4n) is 1.28. The van der Waals surface area contributed by atoms with E-state index in [1.165, 1.54) is 24.9 Å². The van der Waals surface area contributed by atoms with Crippen molar-refractivity contribution in [2.24, 2.45) is 5.92 Å². The van der Waals surface area contributed by atoms with Gasteiger partial charge in [0.25, 0.3) is 0 Å². The third kappa shape index (κ3) is 2.35. The van der Waals surface area contributed by atoms with Crippen molar-refractivity contribution in [1.29, 1.82) is 0 Å². The maximum absolute atomic E-state index is 3.45. The molecule has 0 aromatic heterocycles. The van der Waals surface area contributed by atoms with E-state index in [2.05, 4.69) is 23.5 Å². The molecule has 2 rings (SSSR count). The Balaban J connectivity index is 1.72. The van der Waals surface area contributed by atoms with Crippen LogP contribution in [0.2, 0.25) is 0 Å². The van der Waals surface area contributed by atoms with Crippen LogP contribution < -0.4 is 5.32 Å². The average molecular weight is 160 g/mol. The van der Waals surface area contributed by atoms with Crippen molar-refractivity contribution in [3.05, 3.63) is 35.9 Å². The molecule has 1 aliphatic carbocycles. The van der Waals surface area contributed by atoms with Gasteiger partial charge in [0, 0.05) is 6.54 Å². The normalized spacial score (nSPS) is 16.3. The van der Waals surface area contributed by atoms with E-state index in [9.17, 15) is 0 Å². The highest BCUT2D eigenvalue weighted by molar-refractivity contribution is 5.13. The van der Waals surface area contributed by atoms with Gasteiger partial charge >= 0.3 is 0 Å². The molecule has 63 valence electrons. The lowest BCUT2D eigenvalue weighted by Gasteiger charge is -2.02.